The van der Waals surface area contributed by atoms with Gasteiger partial charge in [-0.2, -0.15) is 0 Å². The van der Waals surface area contributed by atoms with Crippen molar-refractivity contribution in [1.29, 1.82) is 0 Å². The third-order valence-corrected chi connectivity index (χ3v) is 4.13. The van der Waals surface area contributed by atoms with Gasteiger partial charge in [-0.15, -0.1) is 0 Å². The van der Waals surface area contributed by atoms with Gasteiger partial charge in [-0.05, 0) is 29.7 Å². The molecule has 23 heavy (non-hydrogen) atoms. The minimum atomic E-state index is 0.617. The Kier molecular flexibility index (Phi) is 3.68. The number of anilines is 2. The van der Waals surface area contributed by atoms with Crippen LogP contribution in [0.2, 0.25) is 0 Å². The molecule has 1 N–H and O–H groups in total. The summed E-state index contributed by atoms with van der Waals surface area (Å²) in [4.78, 5) is 11.0. The Balaban J connectivity index is 1.48. The van der Waals surface area contributed by atoms with Crippen LogP contribution in [0.3, 0.4) is 0 Å². The zero-order valence-corrected chi connectivity index (χ0v) is 12.8. The number of nitrogens with zero attached hydrogens (tertiary/aromatic N) is 3. The Morgan fingerprint density at radius 2 is 2.00 bits per heavy atom. The molecule has 3 aromatic rings. The minimum absolute atomic E-state index is 0.617. The molecular weight excluding hydrogens is 288 g/mol. The molecule has 4 rings (SSSR count). The molecule has 5 nitrogen and oxygen atoms in total. The summed E-state index contributed by atoms with van der Waals surface area (Å²) < 4.78 is 5.32. The monoisotopic (exact) mass is 306 g/mol. The zero-order chi connectivity index (χ0) is 15.5. The van der Waals surface area contributed by atoms with Gasteiger partial charge >= 0.3 is 0 Å². The van der Waals surface area contributed by atoms with Crippen molar-refractivity contribution < 1.29 is 4.42 Å². The lowest BCUT2D eigenvalue weighted by Gasteiger charge is -2.29. The molecule has 0 unspecified atom stereocenters. The molecule has 1 aromatic carbocycles. The molecule has 0 radical (unpaired) electrons. The molecule has 0 aliphatic carbocycles. The maximum Gasteiger partial charge on any atom is 0.134 e. The lowest BCUT2D eigenvalue weighted by Crippen LogP contribution is -2.31. The Hall–Kier alpha value is -2.82. The average molecular weight is 306 g/mol. The molecule has 2 aromatic heterocycles. The molecule has 0 spiro atoms. The van der Waals surface area contributed by atoms with Gasteiger partial charge in [-0.3, -0.25) is 0 Å². The summed E-state index contributed by atoms with van der Waals surface area (Å²) in [6.45, 7) is 2.49. The number of nitrogens with one attached hydrogen (secondary N) is 1. The molecule has 5 heteroatoms. The van der Waals surface area contributed by atoms with E-state index in [-0.39, 0.29) is 0 Å². The van der Waals surface area contributed by atoms with Crippen LogP contribution in [0.1, 0.15) is 16.9 Å². The highest BCUT2D eigenvalue weighted by Gasteiger charge is 2.17. The molecule has 0 atom stereocenters. The summed E-state index contributed by atoms with van der Waals surface area (Å²) in [5.41, 5.74) is 2.82. The van der Waals surface area contributed by atoms with Crippen LogP contribution in [-0.2, 0) is 19.5 Å². The predicted octanol–water partition coefficient (Wildman–Crippen LogP) is 3.24. The largest absolute Gasteiger partial charge is 0.467 e. The first kappa shape index (κ1) is 13.8. The van der Waals surface area contributed by atoms with Gasteiger partial charge in [-0.1, -0.05) is 24.3 Å². The molecule has 0 bridgehead atoms. The van der Waals surface area contributed by atoms with Crippen molar-refractivity contribution in [2.24, 2.45) is 0 Å². The van der Waals surface area contributed by atoms with E-state index >= 15 is 0 Å². The molecule has 0 saturated heterocycles. The van der Waals surface area contributed by atoms with Crippen molar-refractivity contribution in [2.45, 2.75) is 19.5 Å². The number of hydrogen-bond donors (Lipinski definition) is 1. The second-order valence-electron chi connectivity index (χ2n) is 5.63. The van der Waals surface area contributed by atoms with E-state index in [2.05, 4.69) is 44.5 Å². The fourth-order valence-electron chi connectivity index (χ4n) is 2.90. The Labute approximate surface area is 135 Å². The van der Waals surface area contributed by atoms with Crippen LogP contribution in [0, 0.1) is 0 Å². The molecular formula is C18H18N4O. The van der Waals surface area contributed by atoms with Gasteiger partial charge in [0.2, 0.25) is 0 Å². The van der Waals surface area contributed by atoms with Crippen LogP contribution in [0.5, 0.6) is 0 Å². The summed E-state index contributed by atoms with van der Waals surface area (Å²) >= 11 is 0. The van der Waals surface area contributed by atoms with Crippen LogP contribution in [0.4, 0.5) is 11.6 Å². The van der Waals surface area contributed by atoms with E-state index in [0.717, 1.165) is 36.9 Å². The summed E-state index contributed by atoms with van der Waals surface area (Å²) in [5.74, 6) is 2.65. The van der Waals surface area contributed by atoms with E-state index in [1.807, 2.05) is 18.2 Å². The number of benzene rings is 1. The van der Waals surface area contributed by atoms with E-state index < -0.39 is 0 Å². The number of hydrogen-bond acceptors (Lipinski definition) is 5. The fourth-order valence-corrected chi connectivity index (χ4v) is 2.90. The maximum atomic E-state index is 5.32. The van der Waals surface area contributed by atoms with E-state index in [9.17, 15) is 0 Å². The normalized spacial score (nSPS) is 13.7. The Morgan fingerprint density at radius 3 is 2.87 bits per heavy atom. The first-order valence-electron chi connectivity index (χ1n) is 7.78. The van der Waals surface area contributed by atoms with Gasteiger partial charge < -0.3 is 14.6 Å². The Bertz CT molecular complexity index is 785. The number of aromatic nitrogens is 2. The van der Waals surface area contributed by atoms with Gasteiger partial charge in [0.15, 0.2) is 0 Å². The summed E-state index contributed by atoms with van der Waals surface area (Å²) in [6.07, 6.45) is 4.34. The molecule has 0 amide bonds. The SMILES string of the molecule is c1coc(CNc2cc(N3CCc4ccccc4C3)ncn2)c1. The fraction of sp³-hybridized carbons (Fsp3) is 0.222. The van der Waals surface area contributed by atoms with Crippen molar-refractivity contribution in [1.82, 2.24) is 9.97 Å². The van der Waals surface area contributed by atoms with Gasteiger partial charge in [0.25, 0.3) is 0 Å². The standard InChI is InChI=1S/C18H18N4O/c1-2-5-15-12-22(8-7-14(15)4-1)18-10-17(20-13-21-18)19-11-16-6-3-9-23-16/h1-6,9-10,13H,7-8,11-12H2,(H,19,20,21). The second-order valence-corrected chi connectivity index (χ2v) is 5.63. The van der Waals surface area contributed by atoms with Crippen molar-refractivity contribution in [3.63, 3.8) is 0 Å². The predicted molar refractivity (Wildman–Crippen MR) is 89.3 cm³/mol. The zero-order valence-electron chi connectivity index (χ0n) is 12.8. The van der Waals surface area contributed by atoms with Gasteiger partial charge in [-0.25, -0.2) is 9.97 Å². The molecule has 1 aliphatic heterocycles. The van der Waals surface area contributed by atoms with E-state index in [1.165, 1.54) is 11.1 Å². The number of furan rings is 1. The van der Waals surface area contributed by atoms with Crippen LogP contribution in [0.25, 0.3) is 0 Å². The first-order chi connectivity index (χ1) is 11.4. The average Bonchev–Trinajstić information content (AvgIpc) is 3.13. The third kappa shape index (κ3) is 3.04. The number of fused-ring (bicyclic) bond motifs is 1. The van der Waals surface area contributed by atoms with E-state index in [1.54, 1.807) is 12.6 Å². The van der Waals surface area contributed by atoms with Crippen molar-refractivity contribution in [3.05, 3.63) is 71.9 Å². The van der Waals surface area contributed by atoms with E-state index in [4.69, 9.17) is 4.42 Å². The summed E-state index contributed by atoms with van der Waals surface area (Å²) in [5, 5.41) is 3.27. The molecule has 1 aliphatic rings. The van der Waals surface area contributed by atoms with Crippen LogP contribution in [-0.4, -0.2) is 16.5 Å². The van der Waals surface area contributed by atoms with Gasteiger partial charge in [0, 0.05) is 19.2 Å². The van der Waals surface area contributed by atoms with Gasteiger partial charge in [0.1, 0.15) is 23.7 Å². The molecule has 0 fully saturated rings. The summed E-state index contributed by atoms with van der Waals surface area (Å²) in [6, 6.07) is 14.4. The highest BCUT2D eigenvalue weighted by molar-refractivity contribution is 5.50. The van der Waals surface area contributed by atoms with E-state index in [0.29, 0.717) is 6.54 Å². The van der Waals surface area contributed by atoms with Crippen molar-refractivity contribution in [2.75, 3.05) is 16.8 Å². The van der Waals surface area contributed by atoms with Crippen LogP contribution in [0.15, 0.2) is 59.5 Å². The number of rotatable bonds is 4. The minimum Gasteiger partial charge on any atom is -0.467 e. The molecule has 116 valence electrons. The third-order valence-electron chi connectivity index (χ3n) is 4.13. The summed E-state index contributed by atoms with van der Waals surface area (Å²) in [7, 11) is 0. The molecule has 0 saturated carbocycles. The van der Waals surface area contributed by atoms with Gasteiger partial charge in [0.05, 0.1) is 12.8 Å². The first-order valence-corrected chi connectivity index (χ1v) is 7.78. The Morgan fingerprint density at radius 1 is 1.09 bits per heavy atom. The molecule has 3 heterocycles. The van der Waals surface area contributed by atoms with Crippen molar-refractivity contribution in [3.8, 4) is 0 Å². The van der Waals surface area contributed by atoms with Crippen molar-refractivity contribution >= 4 is 11.6 Å². The topological polar surface area (TPSA) is 54.2 Å². The quantitative estimate of drug-likeness (QED) is 0.802. The smallest absolute Gasteiger partial charge is 0.134 e. The van der Waals surface area contributed by atoms with Crippen LogP contribution >= 0.6 is 0 Å². The second kappa shape index (κ2) is 6.12. The maximum absolute atomic E-state index is 5.32. The highest BCUT2D eigenvalue weighted by atomic mass is 16.3. The lowest BCUT2D eigenvalue weighted by atomic mass is 10.00. The highest BCUT2D eigenvalue weighted by Crippen LogP contribution is 2.23. The lowest BCUT2D eigenvalue weighted by molar-refractivity contribution is 0.518. The van der Waals surface area contributed by atoms with Crippen LogP contribution < -0.4 is 10.2 Å².